The van der Waals surface area contributed by atoms with E-state index in [-0.39, 0.29) is 0 Å². The molecule has 0 aliphatic carbocycles. The molecule has 0 saturated heterocycles. The van der Waals surface area contributed by atoms with Gasteiger partial charge in [-0.3, -0.25) is 4.98 Å². The van der Waals surface area contributed by atoms with E-state index in [2.05, 4.69) is 9.97 Å². The fourth-order valence-electron chi connectivity index (χ4n) is 1.79. The summed E-state index contributed by atoms with van der Waals surface area (Å²) in [5.41, 5.74) is 3.03. The molecule has 3 heteroatoms. The average Bonchev–Trinajstić information content (AvgIpc) is 2.86. The lowest BCUT2D eigenvalue weighted by Gasteiger charge is -2.06. The molecule has 0 atom stereocenters. The Morgan fingerprint density at radius 2 is 1.94 bits per heavy atom. The summed E-state index contributed by atoms with van der Waals surface area (Å²) in [5.74, 6) is 0.837. The lowest BCUT2D eigenvalue weighted by molar-refractivity contribution is 0.309. The first kappa shape index (κ1) is 9.90. The van der Waals surface area contributed by atoms with Crippen LogP contribution in [0.15, 0.2) is 54.9 Å². The Kier molecular flexibility index (Phi) is 2.50. The van der Waals surface area contributed by atoms with Gasteiger partial charge in [-0.05, 0) is 11.6 Å². The number of aromatic nitrogens is 2. The lowest BCUT2D eigenvalue weighted by Crippen LogP contribution is -1.95. The highest BCUT2D eigenvalue weighted by Crippen LogP contribution is 2.22. The molecular weight excluding hydrogens is 212 g/mol. The number of hydrogen-bond donors (Lipinski definition) is 1. The first-order valence-corrected chi connectivity index (χ1v) is 5.52. The van der Waals surface area contributed by atoms with Crippen molar-refractivity contribution in [2.24, 2.45) is 0 Å². The number of rotatable bonds is 3. The summed E-state index contributed by atoms with van der Waals surface area (Å²) in [5, 5.41) is 0. The zero-order valence-corrected chi connectivity index (χ0v) is 9.26. The number of H-pyrrole nitrogens is 1. The molecule has 17 heavy (non-hydrogen) atoms. The van der Waals surface area contributed by atoms with Crippen molar-refractivity contribution in [1.29, 1.82) is 0 Å². The van der Waals surface area contributed by atoms with Crippen LogP contribution in [0, 0.1) is 0 Å². The fourth-order valence-corrected chi connectivity index (χ4v) is 1.79. The van der Waals surface area contributed by atoms with Gasteiger partial charge in [-0.1, -0.05) is 30.3 Å². The predicted molar refractivity (Wildman–Crippen MR) is 66.9 cm³/mol. The molecule has 3 rings (SSSR count). The maximum Gasteiger partial charge on any atom is 0.147 e. The van der Waals surface area contributed by atoms with Crippen molar-refractivity contribution in [3.63, 3.8) is 0 Å². The predicted octanol–water partition coefficient (Wildman–Crippen LogP) is 3.14. The van der Waals surface area contributed by atoms with Gasteiger partial charge in [0, 0.05) is 18.5 Å². The van der Waals surface area contributed by atoms with Gasteiger partial charge in [-0.15, -0.1) is 0 Å². The molecule has 2 heterocycles. The van der Waals surface area contributed by atoms with E-state index in [0.29, 0.717) is 6.61 Å². The minimum absolute atomic E-state index is 0.568. The first-order chi connectivity index (χ1) is 8.43. The van der Waals surface area contributed by atoms with Crippen molar-refractivity contribution in [1.82, 2.24) is 9.97 Å². The molecule has 3 aromatic rings. The van der Waals surface area contributed by atoms with Crippen LogP contribution < -0.4 is 4.74 Å². The molecule has 1 aromatic carbocycles. The van der Waals surface area contributed by atoms with Gasteiger partial charge in [0.05, 0.1) is 5.52 Å². The van der Waals surface area contributed by atoms with E-state index in [1.165, 1.54) is 0 Å². The smallest absolute Gasteiger partial charge is 0.147 e. The quantitative estimate of drug-likeness (QED) is 0.742. The van der Waals surface area contributed by atoms with Crippen LogP contribution in [0.1, 0.15) is 5.56 Å². The second kappa shape index (κ2) is 4.29. The van der Waals surface area contributed by atoms with Crippen molar-refractivity contribution < 1.29 is 4.74 Å². The van der Waals surface area contributed by atoms with Gasteiger partial charge in [-0.25, -0.2) is 0 Å². The van der Waals surface area contributed by atoms with Crippen molar-refractivity contribution in [3.05, 3.63) is 60.4 Å². The number of nitrogens with zero attached hydrogens (tertiary/aromatic N) is 1. The Labute approximate surface area is 99.1 Å². The zero-order chi connectivity index (χ0) is 11.5. The summed E-state index contributed by atoms with van der Waals surface area (Å²) in [6, 6.07) is 13.9. The van der Waals surface area contributed by atoms with E-state index in [0.717, 1.165) is 22.3 Å². The van der Waals surface area contributed by atoms with E-state index in [1.807, 2.05) is 48.7 Å². The fraction of sp³-hybridized carbons (Fsp3) is 0.0714. The molecule has 0 fully saturated rings. The minimum Gasteiger partial charge on any atom is -0.487 e. The second-order valence-electron chi connectivity index (χ2n) is 3.82. The molecule has 84 valence electrons. The Morgan fingerprint density at radius 3 is 2.82 bits per heavy atom. The van der Waals surface area contributed by atoms with E-state index >= 15 is 0 Å². The molecule has 0 unspecified atom stereocenters. The number of fused-ring (bicyclic) bond motifs is 1. The summed E-state index contributed by atoms with van der Waals surface area (Å²) in [4.78, 5) is 7.38. The summed E-state index contributed by atoms with van der Waals surface area (Å²) >= 11 is 0. The van der Waals surface area contributed by atoms with E-state index in [4.69, 9.17) is 4.74 Å². The highest BCUT2D eigenvalue weighted by molar-refractivity contribution is 5.81. The molecule has 0 spiro atoms. The van der Waals surface area contributed by atoms with Crippen molar-refractivity contribution in [2.75, 3.05) is 0 Å². The van der Waals surface area contributed by atoms with E-state index in [9.17, 15) is 0 Å². The molecular formula is C14H12N2O. The van der Waals surface area contributed by atoms with Crippen LogP contribution in [-0.4, -0.2) is 9.97 Å². The molecule has 0 bridgehead atoms. The van der Waals surface area contributed by atoms with Gasteiger partial charge >= 0.3 is 0 Å². The number of nitrogens with one attached hydrogen (secondary N) is 1. The van der Waals surface area contributed by atoms with Crippen molar-refractivity contribution >= 4 is 11.0 Å². The average molecular weight is 224 g/mol. The third-order valence-electron chi connectivity index (χ3n) is 2.65. The van der Waals surface area contributed by atoms with Crippen molar-refractivity contribution in [3.8, 4) is 5.75 Å². The Hall–Kier alpha value is -2.29. The van der Waals surface area contributed by atoms with Crippen LogP contribution in [-0.2, 0) is 6.61 Å². The molecule has 0 aliphatic rings. The number of hydrogen-bond acceptors (Lipinski definition) is 2. The van der Waals surface area contributed by atoms with Crippen LogP contribution in [0.25, 0.3) is 11.0 Å². The topological polar surface area (TPSA) is 37.9 Å². The summed E-state index contributed by atoms with van der Waals surface area (Å²) in [6.07, 6.45) is 3.63. The number of benzene rings is 1. The summed E-state index contributed by atoms with van der Waals surface area (Å²) in [6.45, 7) is 0.568. The van der Waals surface area contributed by atoms with Crippen molar-refractivity contribution in [2.45, 2.75) is 6.61 Å². The monoisotopic (exact) mass is 224 g/mol. The molecule has 3 nitrogen and oxygen atoms in total. The summed E-state index contributed by atoms with van der Waals surface area (Å²) < 4.78 is 5.79. The van der Waals surface area contributed by atoms with Crippen LogP contribution in [0.2, 0.25) is 0 Å². The maximum atomic E-state index is 5.79. The van der Waals surface area contributed by atoms with Gasteiger partial charge in [0.25, 0.3) is 0 Å². The van der Waals surface area contributed by atoms with E-state index < -0.39 is 0 Å². The highest BCUT2D eigenvalue weighted by Gasteiger charge is 2.03. The standard InChI is InChI=1S/C14H12N2O/c1-2-4-11(5-3-1)10-17-13-7-9-15-12-6-8-16-14(12)13/h1-9,16H,10H2. The third kappa shape index (κ3) is 1.99. The molecule has 0 aliphatic heterocycles. The largest absolute Gasteiger partial charge is 0.487 e. The molecule has 1 N–H and O–H groups in total. The van der Waals surface area contributed by atoms with Crippen LogP contribution in [0.4, 0.5) is 0 Å². The lowest BCUT2D eigenvalue weighted by atomic mass is 10.2. The van der Waals surface area contributed by atoms with Gasteiger partial charge in [0.15, 0.2) is 0 Å². The molecule has 0 saturated carbocycles. The normalized spacial score (nSPS) is 10.6. The van der Waals surface area contributed by atoms with Gasteiger partial charge in [0.2, 0.25) is 0 Å². The van der Waals surface area contributed by atoms with Gasteiger partial charge in [0.1, 0.15) is 17.9 Å². The minimum atomic E-state index is 0.568. The van der Waals surface area contributed by atoms with E-state index in [1.54, 1.807) is 6.20 Å². The molecule has 0 radical (unpaired) electrons. The summed E-state index contributed by atoms with van der Waals surface area (Å²) in [7, 11) is 0. The van der Waals surface area contributed by atoms with Gasteiger partial charge in [-0.2, -0.15) is 0 Å². The Morgan fingerprint density at radius 1 is 1.06 bits per heavy atom. The van der Waals surface area contributed by atoms with Gasteiger partial charge < -0.3 is 9.72 Å². The third-order valence-corrected chi connectivity index (χ3v) is 2.65. The highest BCUT2D eigenvalue weighted by atomic mass is 16.5. The Balaban J connectivity index is 1.84. The first-order valence-electron chi connectivity index (χ1n) is 5.52. The molecule has 2 aromatic heterocycles. The molecule has 0 amide bonds. The number of pyridine rings is 1. The van der Waals surface area contributed by atoms with Crippen LogP contribution >= 0.6 is 0 Å². The van der Waals surface area contributed by atoms with Crippen LogP contribution in [0.3, 0.4) is 0 Å². The maximum absolute atomic E-state index is 5.79. The van der Waals surface area contributed by atoms with Crippen LogP contribution in [0.5, 0.6) is 5.75 Å². The zero-order valence-electron chi connectivity index (χ0n) is 9.26. The Bertz CT molecular complexity index is 616. The second-order valence-corrected chi connectivity index (χ2v) is 3.82. The number of aromatic amines is 1. The number of ether oxygens (including phenoxy) is 1. The SMILES string of the molecule is c1ccc(COc2ccnc3cc[nH]c23)cc1.